The van der Waals surface area contributed by atoms with Crippen molar-refractivity contribution in [2.75, 3.05) is 6.54 Å². The first kappa shape index (κ1) is 12.4. The average molecular weight is 301 g/mol. The van der Waals surface area contributed by atoms with Gasteiger partial charge in [-0.25, -0.2) is 0 Å². The highest BCUT2D eigenvalue weighted by molar-refractivity contribution is 6.32. The molecule has 1 nitrogen and oxygen atoms in total. The lowest BCUT2D eigenvalue weighted by Gasteiger charge is -2.23. The van der Waals surface area contributed by atoms with Crippen LogP contribution in [-0.2, 0) is 0 Å². The second-order valence-electron chi connectivity index (χ2n) is 4.68. The first-order valence-corrected chi connectivity index (χ1v) is 7.02. The smallest absolute Gasteiger partial charge is 0.0610 e. The third-order valence-electron chi connectivity index (χ3n) is 3.63. The summed E-state index contributed by atoms with van der Waals surface area (Å²) in [4.78, 5) is 0. The number of benzene rings is 1. The lowest BCUT2D eigenvalue weighted by molar-refractivity contribution is 0.612. The van der Waals surface area contributed by atoms with Gasteiger partial charge in [-0.15, -0.1) is 0 Å². The van der Waals surface area contributed by atoms with E-state index in [0.29, 0.717) is 5.92 Å². The minimum absolute atomic E-state index is 0.418. The van der Waals surface area contributed by atoms with Crippen LogP contribution in [0.15, 0.2) is 46.6 Å². The molecule has 0 bridgehead atoms. The van der Waals surface area contributed by atoms with Gasteiger partial charge in [-0.2, -0.15) is 0 Å². The fraction of sp³-hybridized carbons (Fsp3) is 0.286. The van der Waals surface area contributed by atoms with Crippen molar-refractivity contribution >= 4 is 35.0 Å². The normalized spacial score (nSPS) is 23.2. The summed E-state index contributed by atoms with van der Waals surface area (Å²) in [7, 11) is 0. The zero-order chi connectivity index (χ0) is 12.7. The van der Waals surface area contributed by atoms with E-state index in [1.165, 1.54) is 16.7 Å². The highest BCUT2D eigenvalue weighted by Crippen LogP contribution is 2.45. The second-order valence-corrected chi connectivity index (χ2v) is 5.96. The Kier molecular flexibility index (Phi) is 3.31. The summed E-state index contributed by atoms with van der Waals surface area (Å²) in [6, 6.07) is 8.06. The molecule has 1 heterocycles. The van der Waals surface area contributed by atoms with Crippen LogP contribution in [0.5, 0.6) is 0 Å². The molecule has 0 saturated heterocycles. The first-order chi connectivity index (χ1) is 8.65. The lowest BCUT2D eigenvalue weighted by atomic mass is 9.91. The quantitative estimate of drug-likeness (QED) is 0.655. The molecule has 0 radical (unpaired) electrons. The van der Waals surface area contributed by atoms with Crippen molar-refractivity contribution in [3.63, 3.8) is 0 Å². The molecule has 18 heavy (non-hydrogen) atoms. The van der Waals surface area contributed by atoms with E-state index in [0.717, 1.165) is 29.4 Å². The van der Waals surface area contributed by atoms with Crippen molar-refractivity contribution in [2.45, 2.75) is 18.8 Å². The van der Waals surface area contributed by atoms with Crippen molar-refractivity contribution in [3.05, 3.63) is 57.2 Å². The van der Waals surface area contributed by atoms with Gasteiger partial charge in [-0.05, 0) is 41.7 Å². The van der Waals surface area contributed by atoms with Crippen LogP contribution in [0.25, 0.3) is 0 Å². The number of rotatable bonds is 1. The predicted octanol–water partition coefficient (Wildman–Crippen LogP) is 5.06. The standard InChI is InChI=1S/C14H12Cl3N/c15-10-3-1-9(2-4-10)11-5-6-12-13(11)7-18(17)8-14(12)16/h1-4,8,11H,5-7H2. The van der Waals surface area contributed by atoms with Gasteiger partial charge in [0, 0.05) is 28.9 Å². The number of allylic oxidation sites excluding steroid dienone is 2. The predicted molar refractivity (Wildman–Crippen MR) is 76.9 cm³/mol. The van der Waals surface area contributed by atoms with Gasteiger partial charge in [-0.3, -0.25) is 4.42 Å². The van der Waals surface area contributed by atoms with Gasteiger partial charge in [0.15, 0.2) is 0 Å². The molecule has 94 valence electrons. The molecule has 0 saturated carbocycles. The van der Waals surface area contributed by atoms with Crippen LogP contribution in [0, 0.1) is 0 Å². The van der Waals surface area contributed by atoms with Crippen LogP contribution < -0.4 is 0 Å². The molecule has 0 fully saturated rings. The van der Waals surface area contributed by atoms with Crippen molar-refractivity contribution in [1.29, 1.82) is 0 Å². The molecular formula is C14H12Cl3N. The molecule has 3 rings (SSSR count). The number of nitrogens with zero attached hydrogens (tertiary/aromatic N) is 1. The van der Waals surface area contributed by atoms with Gasteiger partial charge >= 0.3 is 0 Å². The molecule has 1 aliphatic heterocycles. The summed E-state index contributed by atoms with van der Waals surface area (Å²) in [6.07, 6.45) is 3.93. The van der Waals surface area contributed by atoms with Crippen molar-refractivity contribution in [1.82, 2.24) is 4.42 Å². The Labute approximate surface area is 122 Å². The van der Waals surface area contributed by atoms with E-state index in [1.54, 1.807) is 10.6 Å². The molecule has 1 aliphatic carbocycles. The van der Waals surface area contributed by atoms with Crippen LogP contribution >= 0.6 is 35.0 Å². The van der Waals surface area contributed by atoms with Gasteiger partial charge < -0.3 is 0 Å². The highest BCUT2D eigenvalue weighted by atomic mass is 35.5. The van der Waals surface area contributed by atoms with Gasteiger partial charge in [0.2, 0.25) is 0 Å². The minimum atomic E-state index is 0.418. The lowest BCUT2D eigenvalue weighted by Crippen LogP contribution is -2.17. The Bertz CT molecular complexity index is 530. The Morgan fingerprint density at radius 2 is 1.83 bits per heavy atom. The highest BCUT2D eigenvalue weighted by Gasteiger charge is 2.31. The van der Waals surface area contributed by atoms with Crippen LogP contribution in [0.2, 0.25) is 5.02 Å². The van der Waals surface area contributed by atoms with Gasteiger partial charge in [0.1, 0.15) is 0 Å². The summed E-state index contributed by atoms with van der Waals surface area (Å²) in [6.45, 7) is 0.750. The van der Waals surface area contributed by atoms with E-state index in [2.05, 4.69) is 12.1 Å². The zero-order valence-corrected chi connectivity index (χ0v) is 11.9. The maximum Gasteiger partial charge on any atom is 0.0610 e. The van der Waals surface area contributed by atoms with Gasteiger partial charge in [0.25, 0.3) is 0 Å². The van der Waals surface area contributed by atoms with E-state index in [4.69, 9.17) is 35.0 Å². The maximum atomic E-state index is 6.25. The van der Waals surface area contributed by atoms with Crippen LogP contribution in [0.4, 0.5) is 0 Å². The number of halogens is 3. The van der Waals surface area contributed by atoms with Gasteiger partial charge in [-0.1, -0.05) is 35.3 Å². The SMILES string of the molecule is ClC1=CN(Cl)CC2=C1CCC2c1ccc(Cl)cc1. The monoisotopic (exact) mass is 299 g/mol. The number of hydrogen-bond donors (Lipinski definition) is 0. The topological polar surface area (TPSA) is 3.24 Å². The Morgan fingerprint density at radius 1 is 1.11 bits per heavy atom. The molecule has 4 heteroatoms. The van der Waals surface area contributed by atoms with E-state index in [-0.39, 0.29) is 0 Å². The molecule has 2 aliphatic rings. The fourth-order valence-corrected chi connectivity index (χ4v) is 3.52. The number of hydrogen-bond acceptors (Lipinski definition) is 1. The summed E-state index contributed by atoms with van der Waals surface area (Å²) in [5, 5.41) is 1.55. The molecule has 0 spiro atoms. The first-order valence-electron chi connectivity index (χ1n) is 5.92. The molecule has 1 aromatic carbocycles. The Morgan fingerprint density at radius 3 is 2.56 bits per heavy atom. The Balaban J connectivity index is 1.96. The average Bonchev–Trinajstić information content (AvgIpc) is 2.74. The van der Waals surface area contributed by atoms with E-state index >= 15 is 0 Å². The maximum absolute atomic E-state index is 6.25. The minimum Gasteiger partial charge on any atom is -0.287 e. The largest absolute Gasteiger partial charge is 0.287 e. The van der Waals surface area contributed by atoms with Crippen LogP contribution in [0.1, 0.15) is 24.3 Å². The van der Waals surface area contributed by atoms with E-state index in [1.807, 2.05) is 12.1 Å². The van der Waals surface area contributed by atoms with Gasteiger partial charge in [0.05, 0.1) is 11.6 Å². The molecular weight excluding hydrogens is 289 g/mol. The molecule has 0 amide bonds. The summed E-state index contributed by atoms with van der Waals surface area (Å²) in [5.74, 6) is 0.418. The van der Waals surface area contributed by atoms with E-state index in [9.17, 15) is 0 Å². The van der Waals surface area contributed by atoms with Crippen LogP contribution in [-0.4, -0.2) is 11.0 Å². The third-order valence-corrected chi connectivity index (χ3v) is 4.42. The second kappa shape index (κ2) is 4.80. The molecule has 0 N–H and O–H groups in total. The molecule has 1 unspecified atom stereocenters. The summed E-state index contributed by atoms with van der Waals surface area (Å²) < 4.78 is 1.63. The third kappa shape index (κ3) is 2.16. The van der Waals surface area contributed by atoms with Crippen molar-refractivity contribution < 1.29 is 0 Å². The zero-order valence-electron chi connectivity index (χ0n) is 9.67. The van der Waals surface area contributed by atoms with E-state index < -0.39 is 0 Å². The summed E-state index contributed by atoms with van der Waals surface area (Å²) >= 11 is 18.3. The van der Waals surface area contributed by atoms with Crippen LogP contribution in [0.3, 0.4) is 0 Å². The fourth-order valence-electron chi connectivity index (χ4n) is 2.78. The molecule has 0 aromatic heterocycles. The molecule has 1 atom stereocenters. The summed E-state index contributed by atoms with van der Waals surface area (Å²) in [5.41, 5.74) is 3.91. The van der Waals surface area contributed by atoms with Crippen molar-refractivity contribution in [3.8, 4) is 0 Å². The molecule has 1 aromatic rings. The Hall–Kier alpha value is -0.630. The van der Waals surface area contributed by atoms with Crippen molar-refractivity contribution in [2.24, 2.45) is 0 Å².